The molecule has 1 saturated heterocycles. The van der Waals surface area contributed by atoms with E-state index >= 15 is 0 Å². The van der Waals surface area contributed by atoms with Gasteiger partial charge in [-0.2, -0.15) is 0 Å². The van der Waals surface area contributed by atoms with Crippen molar-refractivity contribution >= 4 is 5.78 Å². The van der Waals surface area contributed by atoms with Gasteiger partial charge in [-0.15, -0.1) is 0 Å². The van der Waals surface area contributed by atoms with Gasteiger partial charge >= 0.3 is 0 Å². The molecule has 3 rings (SSSR count). The van der Waals surface area contributed by atoms with Crippen molar-refractivity contribution in [3.63, 3.8) is 0 Å². The Morgan fingerprint density at radius 2 is 2.17 bits per heavy atom. The fraction of sp³-hybridized carbons (Fsp3) is 0.533. The Hall–Kier alpha value is -1.35. The highest BCUT2D eigenvalue weighted by Gasteiger charge is 2.42. The van der Waals surface area contributed by atoms with E-state index in [2.05, 4.69) is 5.32 Å². The number of Topliss-reactive ketones (excluding diaryl/α,β-unsaturated/α-hetero) is 1. The van der Waals surface area contributed by atoms with Gasteiger partial charge in [0.05, 0.1) is 12.6 Å². The molecule has 0 saturated carbocycles. The van der Waals surface area contributed by atoms with Gasteiger partial charge in [0.25, 0.3) is 0 Å². The molecule has 3 nitrogen and oxygen atoms in total. The van der Waals surface area contributed by atoms with Crippen LogP contribution in [-0.4, -0.2) is 25.0 Å². The zero-order chi connectivity index (χ0) is 12.6. The Labute approximate surface area is 108 Å². The molecule has 0 amide bonds. The zero-order valence-electron chi connectivity index (χ0n) is 10.8. The summed E-state index contributed by atoms with van der Waals surface area (Å²) in [5.41, 5.74) is 1.73. The lowest BCUT2D eigenvalue weighted by Crippen LogP contribution is -2.56. The van der Waals surface area contributed by atoms with Gasteiger partial charge in [-0.3, -0.25) is 4.79 Å². The van der Waals surface area contributed by atoms with Crippen LogP contribution in [0.3, 0.4) is 0 Å². The molecule has 2 aliphatic rings. The molecule has 96 valence electrons. The first kappa shape index (κ1) is 11.7. The summed E-state index contributed by atoms with van der Waals surface area (Å²) in [4.78, 5) is 12.7. The number of hydrogen-bond donors (Lipinski definition) is 1. The second kappa shape index (κ2) is 4.39. The van der Waals surface area contributed by atoms with Crippen molar-refractivity contribution in [2.24, 2.45) is 0 Å². The van der Waals surface area contributed by atoms with E-state index in [1.807, 2.05) is 18.2 Å². The predicted molar refractivity (Wildman–Crippen MR) is 70.2 cm³/mol. The summed E-state index contributed by atoms with van der Waals surface area (Å²) in [5, 5.41) is 3.47. The molecule has 0 radical (unpaired) electrons. The number of benzene rings is 1. The lowest BCUT2D eigenvalue weighted by molar-refractivity contribution is 0.0781. The second-order valence-electron chi connectivity index (χ2n) is 5.32. The molecule has 1 spiro atoms. The number of ether oxygens (including phenoxy) is 1. The molecule has 1 heterocycles. The maximum atomic E-state index is 12.7. The number of ketones is 1. The predicted octanol–water partition coefficient (Wildman–Crippen LogP) is 2.34. The van der Waals surface area contributed by atoms with Crippen molar-refractivity contribution in [3.05, 3.63) is 29.3 Å². The molecule has 0 bridgehead atoms. The highest BCUT2D eigenvalue weighted by atomic mass is 16.5. The SMILES string of the molecule is COc1ccc2c(c1)C(=O)C1(CCCCN1)CC2. The summed E-state index contributed by atoms with van der Waals surface area (Å²) in [6.07, 6.45) is 5.23. The van der Waals surface area contributed by atoms with Crippen LogP contribution >= 0.6 is 0 Å². The van der Waals surface area contributed by atoms with Gasteiger partial charge in [-0.05, 0) is 56.3 Å². The van der Waals surface area contributed by atoms with E-state index in [-0.39, 0.29) is 11.3 Å². The maximum absolute atomic E-state index is 12.7. The molecule has 1 unspecified atom stereocenters. The van der Waals surface area contributed by atoms with Crippen molar-refractivity contribution in [1.82, 2.24) is 5.32 Å². The molecule has 1 atom stereocenters. The molecule has 1 N–H and O–H groups in total. The van der Waals surface area contributed by atoms with Gasteiger partial charge in [0.2, 0.25) is 0 Å². The molecule has 3 heteroatoms. The standard InChI is InChI=1S/C15H19NO2/c1-18-12-5-4-11-6-8-15(7-2-3-9-16-15)14(17)13(11)10-12/h4-5,10,16H,2-3,6-9H2,1H3. The average Bonchev–Trinajstić information content (AvgIpc) is 2.44. The van der Waals surface area contributed by atoms with Crippen molar-refractivity contribution in [3.8, 4) is 5.75 Å². The van der Waals surface area contributed by atoms with Crippen molar-refractivity contribution in [2.75, 3.05) is 13.7 Å². The van der Waals surface area contributed by atoms with Crippen LogP contribution in [0.4, 0.5) is 0 Å². The topological polar surface area (TPSA) is 38.3 Å². The highest BCUT2D eigenvalue weighted by Crippen LogP contribution is 2.35. The number of piperidine rings is 1. The maximum Gasteiger partial charge on any atom is 0.183 e. The third-order valence-electron chi connectivity index (χ3n) is 4.31. The molecule has 1 aliphatic carbocycles. The van der Waals surface area contributed by atoms with E-state index < -0.39 is 0 Å². The van der Waals surface area contributed by atoms with Crippen LogP contribution in [0, 0.1) is 0 Å². The van der Waals surface area contributed by atoms with Crippen molar-refractivity contribution < 1.29 is 9.53 Å². The molecule has 1 fully saturated rings. The lowest BCUT2D eigenvalue weighted by atomic mass is 9.72. The quantitative estimate of drug-likeness (QED) is 0.825. The van der Waals surface area contributed by atoms with Crippen molar-refractivity contribution in [2.45, 2.75) is 37.6 Å². The summed E-state index contributed by atoms with van der Waals surface area (Å²) in [6.45, 7) is 0.963. The van der Waals surface area contributed by atoms with Gasteiger partial charge in [0.1, 0.15) is 5.75 Å². The van der Waals surface area contributed by atoms with Crippen LogP contribution in [0.25, 0.3) is 0 Å². The largest absolute Gasteiger partial charge is 0.497 e. The number of fused-ring (bicyclic) bond motifs is 1. The normalized spacial score (nSPS) is 27.1. The summed E-state index contributed by atoms with van der Waals surface area (Å²) in [6, 6.07) is 5.87. The molecule has 18 heavy (non-hydrogen) atoms. The number of rotatable bonds is 1. The summed E-state index contributed by atoms with van der Waals surface area (Å²) in [5.74, 6) is 1.04. The fourth-order valence-corrected chi connectivity index (χ4v) is 3.21. The van der Waals surface area contributed by atoms with Crippen LogP contribution < -0.4 is 10.1 Å². The van der Waals surface area contributed by atoms with Crippen LogP contribution in [-0.2, 0) is 6.42 Å². The Kier molecular flexibility index (Phi) is 2.86. The number of hydrogen-bond acceptors (Lipinski definition) is 3. The average molecular weight is 245 g/mol. The lowest BCUT2D eigenvalue weighted by Gasteiger charge is -2.40. The molecule has 1 aliphatic heterocycles. The fourth-order valence-electron chi connectivity index (χ4n) is 3.21. The van der Waals surface area contributed by atoms with E-state index in [0.29, 0.717) is 0 Å². The monoisotopic (exact) mass is 245 g/mol. The Morgan fingerprint density at radius 1 is 1.28 bits per heavy atom. The van der Waals surface area contributed by atoms with E-state index in [1.165, 1.54) is 12.0 Å². The van der Waals surface area contributed by atoms with Crippen LogP contribution in [0.5, 0.6) is 5.75 Å². The van der Waals surface area contributed by atoms with Crippen molar-refractivity contribution in [1.29, 1.82) is 0 Å². The second-order valence-corrected chi connectivity index (χ2v) is 5.32. The molecule has 1 aromatic rings. The number of methoxy groups -OCH3 is 1. The van der Waals surface area contributed by atoms with Gasteiger partial charge in [-0.25, -0.2) is 0 Å². The number of nitrogens with one attached hydrogen (secondary N) is 1. The van der Waals surface area contributed by atoms with Gasteiger partial charge in [0.15, 0.2) is 5.78 Å². The molecular weight excluding hydrogens is 226 g/mol. The van der Waals surface area contributed by atoms with Crippen LogP contribution in [0.1, 0.15) is 41.6 Å². The van der Waals surface area contributed by atoms with E-state index in [4.69, 9.17) is 4.74 Å². The minimum atomic E-state index is -0.294. The third kappa shape index (κ3) is 1.74. The molecule has 1 aromatic carbocycles. The molecule has 0 aromatic heterocycles. The van der Waals surface area contributed by atoms with Crippen LogP contribution in [0.2, 0.25) is 0 Å². The third-order valence-corrected chi connectivity index (χ3v) is 4.31. The zero-order valence-corrected chi connectivity index (χ0v) is 10.8. The smallest absolute Gasteiger partial charge is 0.183 e. The summed E-state index contributed by atoms with van der Waals surface area (Å²) in [7, 11) is 1.64. The first-order chi connectivity index (χ1) is 8.75. The minimum absolute atomic E-state index is 0.266. The number of carbonyl (C=O) groups excluding carboxylic acids is 1. The number of carbonyl (C=O) groups is 1. The number of aryl methyl sites for hydroxylation is 1. The first-order valence-corrected chi connectivity index (χ1v) is 6.72. The van der Waals surface area contributed by atoms with Gasteiger partial charge < -0.3 is 10.1 Å². The van der Waals surface area contributed by atoms with E-state index in [0.717, 1.165) is 43.5 Å². The summed E-state index contributed by atoms with van der Waals surface area (Å²) < 4.78 is 5.23. The van der Waals surface area contributed by atoms with Gasteiger partial charge in [0, 0.05) is 5.56 Å². The highest BCUT2D eigenvalue weighted by molar-refractivity contribution is 6.05. The first-order valence-electron chi connectivity index (χ1n) is 6.72. The summed E-state index contributed by atoms with van der Waals surface area (Å²) >= 11 is 0. The van der Waals surface area contributed by atoms with E-state index in [9.17, 15) is 4.79 Å². The molecular formula is C15H19NO2. The Morgan fingerprint density at radius 3 is 2.89 bits per heavy atom. The van der Waals surface area contributed by atoms with Crippen LogP contribution in [0.15, 0.2) is 18.2 Å². The Balaban J connectivity index is 1.99. The minimum Gasteiger partial charge on any atom is -0.497 e. The Bertz CT molecular complexity index is 475. The van der Waals surface area contributed by atoms with E-state index in [1.54, 1.807) is 7.11 Å². The van der Waals surface area contributed by atoms with Gasteiger partial charge in [-0.1, -0.05) is 6.07 Å².